The number of hydrogen-bond acceptors (Lipinski definition) is 2. The first kappa shape index (κ1) is 20.5. The second-order valence-electron chi connectivity index (χ2n) is 9.02. The van der Waals surface area contributed by atoms with E-state index in [1.165, 1.54) is 27.3 Å². The van der Waals surface area contributed by atoms with Crippen molar-refractivity contribution in [1.29, 1.82) is 0 Å². The number of fused-ring (bicyclic) bond motifs is 4. The lowest BCUT2D eigenvalue weighted by Gasteiger charge is -2.16. The summed E-state index contributed by atoms with van der Waals surface area (Å²) >= 11 is 0. The lowest BCUT2D eigenvalue weighted by Crippen LogP contribution is -1.97. The van der Waals surface area contributed by atoms with Gasteiger partial charge in [0.25, 0.3) is 0 Å². The van der Waals surface area contributed by atoms with Crippen LogP contribution in [0, 0.1) is 0 Å². The molecule has 0 saturated heterocycles. The van der Waals surface area contributed by atoms with E-state index in [1.54, 1.807) is 0 Å². The molecule has 0 aliphatic heterocycles. The third kappa shape index (κ3) is 3.35. The first-order valence-corrected chi connectivity index (χ1v) is 12.2. The van der Waals surface area contributed by atoms with Crippen LogP contribution < -0.4 is 0 Å². The molecule has 36 heavy (non-hydrogen) atoms. The molecule has 0 unspecified atom stereocenters. The number of hydrogen-bond donors (Lipinski definition) is 0. The van der Waals surface area contributed by atoms with Gasteiger partial charge in [-0.1, -0.05) is 127 Å². The van der Waals surface area contributed by atoms with Gasteiger partial charge < -0.3 is 0 Å². The van der Waals surface area contributed by atoms with Crippen molar-refractivity contribution in [1.82, 2.24) is 9.97 Å². The lowest BCUT2D eigenvalue weighted by atomic mass is 9.91. The summed E-state index contributed by atoms with van der Waals surface area (Å²) in [4.78, 5) is 10.3. The lowest BCUT2D eigenvalue weighted by molar-refractivity contribution is 1.23. The van der Waals surface area contributed by atoms with Gasteiger partial charge in [-0.3, -0.25) is 0 Å². The Morgan fingerprint density at radius 1 is 0.389 bits per heavy atom. The molecule has 0 saturated carbocycles. The molecule has 0 spiro atoms. The van der Waals surface area contributed by atoms with Gasteiger partial charge in [0.2, 0.25) is 0 Å². The van der Waals surface area contributed by atoms with Crippen molar-refractivity contribution >= 4 is 32.4 Å². The van der Waals surface area contributed by atoms with E-state index in [0.29, 0.717) is 0 Å². The highest BCUT2D eigenvalue weighted by Gasteiger charge is 2.17. The van der Waals surface area contributed by atoms with Gasteiger partial charge in [0, 0.05) is 21.9 Å². The average molecular weight is 459 g/mol. The molecule has 0 atom stereocenters. The quantitative estimate of drug-likeness (QED) is 0.247. The van der Waals surface area contributed by atoms with E-state index in [2.05, 4.69) is 109 Å². The molecule has 6 aromatic carbocycles. The first-order chi connectivity index (χ1) is 17.9. The standard InChI is InChI=1S/C34H22N2/c1-3-13-24(14-4-1)32-31-22-30(27-21-11-17-23-12-7-8-18-26(23)27)28-19-9-10-20-29(28)33(31)36-34(35-32)25-15-5-2-6-16-25/h1-22H. The molecular weight excluding hydrogens is 436 g/mol. The van der Waals surface area contributed by atoms with Crippen LogP contribution in [0.5, 0.6) is 0 Å². The summed E-state index contributed by atoms with van der Waals surface area (Å²) in [5.74, 6) is 0.741. The summed E-state index contributed by atoms with van der Waals surface area (Å²) in [6.07, 6.45) is 0. The summed E-state index contributed by atoms with van der Waals surface area (Å²) in [5, 5.41) is 5.86. The molecule has 0 fully saturated rings. The number of benzene rings is 6. The minimum Gasteiger partial charge on any atom is -0.227 e. The van der Waals surface area contributed by atoms with E-state index in [-0.39, 0.29) is 0 Å². The van der Waals surface area contributed by atoms with Gasteiger partial charge in [0.1, 0.15) is 0 Å². The van der Waals surface area contributed by atoms with Crippen molar-refractivity contribution in [3.63, 3.8) is 0 Å². The van der Waals surface area contributed by atoms with Crippen LogP contribution in [0.25, 0.3) is 66.2 Å². The van der Waals surface area contributed by atoms with Crippen LogP contribution in [0.2, 0.25) is 0 Å². The van der Waals surface area contributed by atoms with Crippen LogP contribution in [-0.4, -0.2) is 9.97 Å². The SMILES string of the molecule is c1ccc(-c2nc(-c3ccccc3)c3cc(-c4cccc5ccccc45)c4ccccc4c3n2)cc1. The largest absolute Gasteiger partial charge is 0.227 e. The molecule has 0 radical (unpaired) electrons. The van der Waals surface area contributed by atoms with Gasteiger partial charge in [0.15, 0.2) is 5.82 Å². The van der Waals surface area contributed by atoms with Gasteiger partial charge in [-0.2, -0.15) is 0 Å². The summed E-state index contributed by atoms with van der Waals surface area (Å²) in [7, 11) is 0. The molecule has 7 aromatic rings. The third-order valence-corrected chi connectivity index (χ3v) is 6.87. The molecule has 2 nitrogen and oxygen atoms in total. The minimum absolute atomic E-state index is 0.741. The molecular formula is C34H22N2. The van der Waals surface area contributed by atoms with Gasteiger partial charge in [-0.05, 0) is 33.4 Å². The Bertz CT molecular complexity index is 1870. The maximum Gasteiger partial charge on any atom is 0.160 e. The van der Waals surface area contributed by atoms with Crippen molar-refractivity contribution in [2.75, 3.05) is 0 Å². The summed E-state index contributed by atoms with van der Waals surface area (Å²) in [5.41, 5.74) is 6.44. The molecule has 7 rings (SSSR count). The molecule has 0 N–H and O–H groups in total. The van der Waals surface area contributed by atoms with Gasteiger partial charge in [-0.15, -0.1) is 0 Å². The fourth-order valence-corrected chi connectivity index (χ4v) is 5.17. The van der Waals surface area contributed by atoms with E-state index < -0.39 is 0 Å². The predicted molar refractivity (Wildman–Crippen MR) is 151 cm³/mol. The van der Waals surface area contributed by atoms with Crippen LogP contribution in [0.15, 0.2) is 133 Å². The van der Waals surface area contributed by atoms with E-state index in [0.717, 1.165) is 38.9 Å². The predicted octanol–water partition coefficient (Wildman–Crippen LogP) is 8.94. The number of aromatic nitrogens is 2. The number of rotatable bonds is 3. The molecule has 1 aromatic heterocycles. The van der Waals surface area contributed by atoms with Crippen molar-refractivity contribution in [2.45, 2.75) is 0 Å². The molecule has 2 heteroatoms. The second-order valence-corrected chi connectivity index (χ2v) is 9.02. The highest BCUT2D eigenvalue weighted by Crippen LogP contribution is 2.40. The van der Waals surface area contributed by atoms with Crippen LogP contribution in [0.1, 0.15) is 0 Å². The maximum atomic E-state index is 5.15. The highest BCUT2D eigenvalue weighted by atomic mass is 14.9. The van der Waals surface area contributed by atoms with E-state index in [4.69, 9.17) is 9.97 Å². The zero-order chi connectivity index (χ0) is 23.9. The van der Waals surface area contributed by atoms with Crippen LogP contribution in [0.3, 0.4) is 0 Å². The van der Waals surface area contributed by atoms with Crippen molar-refractivity contribution in [3.05, 3.63) is 133 Å². The van der Waals surface area contributed by atoms with Crippen LogP contribution >= 0.6 is 0 Å². The first-order valence-electron chi connectivity index (χ1n) is 12.2. The molecule has 0 amide bonds. The fraction of sp³-hybridized carbons (Fsp3) is 0. The normalized spacial score (nSPS) is 11.3. The Kier molecular flexibility index (Phi) is 4.82. The Labute approximate surface area is 209 Å². The minimum atomic E-state index is 0.741. The zero-order valence-electron chi connectivity index (χ0n) is 19.6. The Balaban J connectivity index is 1.64. The Morgan fingerprint density at radius 2 is 1.00 bits per heavy atom. The van der Waals surface area contributed by atoms with E-state index in [9.17, 15) is 0 Å². The highest BCUT2D eigenvalue weighted by molar-refractivity contribution is 6.17. The van der Waals surface area contributed by atoms with Crippen molar-refractivity contribution in [3.8, 4) is 33.8 Å². The van der Waals surface area contributed by atoms with Crippen molar-refractivity contribution in [2.24, 2.45) is 0 Å². The Hall–Kier alpha value is -4.82. The van der Waals surface area contributed by atoms with Crippen LogP contribution in [-0.2, 0) is 0 Å². The molecule has 1 heterocycles. The smallest absolute Gasteiger partial charge is 0.160 e. The monoisotopic (exact) mass is 458 g/mol. The molecule has 0 aliphatic rings. The second kappa shape index (κ2) is 8.44. The van der Waals surface area contributed by atoms with Gasteiger partial charge >= 0.3 is 0 Å². The van der Waals surface area contributed by atoms with Gasteiger partial charge in [-0.25, -0.2) is 9.97 Å². The van der Waals surface area contributed by atoms with E-state index >= 15 is 0 Å². The molecule has 0 bridgehead atoms. The summed E-state index contributed by atoms with van der Waals surface area (Å²) in [6, 6.07) is 46.7. The van der Waals surface area contributed by atoms with Gasteiger partial charge in [0.05, 0.1) is 11.2 Å². The van der Waals surface area contributed by atoms with Crippen LogP contribution in [0.4, 0.5) is 0 Å². The number of nitrogens with zero attached hydrogens (tertiary/aromatic N) is 2. The summed E-state index contributed by atoms with van der Waals surface area (Å²) in [6.45, 7) is 0. The molecule has 0 aliphatic carbocycles. The van der Waals surface area contributed by atoms with Crippen molar-refractivity contribution < 1.29 is 0 Å². The topological polar surface area (TPSA) is 25.8 Å². The summed E-state index contributed by atoms with van der Waals surface area (Å²) < 4.78 is 0. The Morgan fingerprint density at radius 3 is 1.78 bits per heavy atom. The third-order valence-electron chi connectivity index (χ3n) is 6.87. The maximum absolute atomic E-state index is 5.15. The average Bonchev–Trinajstić information content (AvgIpc) is 2.97. The fourth-order valence-electron chi connectivity index (χ4n) is 5.17. The molecule has 168 valence electrons. The van der Waals surface area contributed by atoms with E-state index in [1.807, 2.05) is 24.3 Å². The zero-order valence-corrected chi connectivity index (χ0v) is 19.6.